The lowest BCUT2D eigenvalue weighted by molar-refractivity contribution is 0.102. The van der Waals surface area contributed by atoms with E-state index in [-0.39, 0.29) is 5.91 Å². The van der Waals surface area contributed by atoms with Crippen molar-refractivity contribution in [2.75, 3.05) is 19.5 Å². The Labute approximate surface area is 139 Å². The molecular weight excluding hydrogens is 314 g/mol. The number of ether oxygens (including phenoxy) is 2. The van der Waals surface area contributed by atoms with Crippen LogP contribution in [0.25, 0.3) is 0 Å². The predicted molar refractivity (Wildman–Crippen MR) is 90.7 cm³/mol. The van der Waals surface area contributed by atoms with E-state index in [1.165, 1.54) is 18.4 Å². The summed E-state index contributed by atoms with van der Waals surface area (Å²) in [5.74, 6) is 0.840. The lowest BCUT2D eigenvalue weighted by Gasteiger charge is -2.14. The van der Waals surface area contributed by atoms with E-state index in [1.54, 1.807) is 25.3 Å². The number of nitrogens with one attached hydrogen (secondary N) is 1. The summed E-state index contributed by atoms with van der Waals surface area (Å²) in [5.41, 5.74) is 1.30. The zero-order valence-electron chi connectivity index (χ0n) is 13.4. The van der Waals surface area contributed by atoms with E-state index in [1.807, 2.05) is 6.92 Å². The molecule has 0 spiro atoms. The first-order chi connectivity index (χ1) is 11.1. The highest BCUT2D eigenvalue weighted by atomic mass is 32.1. The summed E-state index contributed by atoms with van der Waals surface area (Å²) in [6, 6.07) is 3.41. The second-order valence-electron chi connectivity index (χ2n) is 4.67. The number of carbonyl (C=O) groups excluding carboxylic acids is 1. The number of anilines is 1. The molecule has 0 saturated carbocycles. The second kappa shape index (κ2) is 7.73. The SMILES string of the molecule is C=CCc1cc(C(=O)Nc2nnc(CC)s2)cc(OC)c1OC. The first-order valence-corrected chi connectivity index (χ1v) is 7.94. The van der Waals surface area contributed by atoms with Crippen molar-refractivity contribution in [3.05, 3.63) is 40.9 Å². The number of nitrogens with zero attached hydrogens (tertiary/aromatic N) is 2. The largest absolute Gasteiger partial charge is 0.493 e. The van der Waals surface area contributed by atoms with Gasteiger partial charge in [-0.15, -0.1) is 16.8 Å². The van der Waals surface area contributed by atoms with Gasteiger partial charge in [-0.25, -0.2) is 0 Å². The van der Waals surface area contributed by atoms with Crippen LogP contribution in [0.5, 0.6) is 11.5 Å². The van der Waals surface area contributed by atoms with Gasteiger partial charge in [-0.05, 0) is 25.0 Å². The number of hydrogen-bond acceptors (Lipinski definition) is 6. The summed E-state index contributed by atoms with van der Waals surface area (Å²) in [6.07, 6.45) is 3.10. The zero-order valence-corrected chi connectivity index (χ0v) is 14.2. The van der Waals surface area contributed by atoms with E-state index in [0.29, 0.717) is 28.6 Å². The molecule has 7 heteroatoms. The van der Waals surface area contributed by atoms with Gasteiger partial charge in [-0.3, -0.25) is 10.1 Å². The Morgan fingerprint density at radius 2 is 2.13 bits per heavy atom. The van der Waals surface area contributed by atoms with Crippen LogP contribution in [0.1, 0.15) is 27.9 Å². The van der Waals surface area contributed by atoms with Crippen LogP contribution >= 0.6 is 11.3 Å². The van der Waals surface area contributed by atoms with Crippen molar-refractivity contribution in [1.29, 1.82) is 0 Å². The Balaban J connectivity index is 2.31. The Morgan fingerprint density at radius 1 is 1.35 bits per heavy atom. The van der Waals surface area contributed by atoms with E-state index in [2.05, 4.69) is 22.1 Å². The first-order valence-electron chi connectivity index (χ1n) is 7.12. The highest BCUT2D eigenvalue weighted by molar-refractivity contribution is 7.15. The maximum atomic E-state index is 12.4. The van der Waals surface area contributed by atoms with Crippen LogP contribution < -0.4 is 14.8 Å². The maximum absolute atomic E-state index is 12.4. The van der Waals surface area contributed by atoms with Crippen LogP contribution in [-0.2, 0) is 12.8 Å². The molecule has 0 radical (unpaired) electrons. The minimum atomic E-state index is -0.268. The van der Waals surface area contributed by atoms with Crippen molar-refractivity contribution in [2.45, 2.75) is 19.8 Å². The van der Waals surface area contributed by atoms with E-state index in [0.717, 1.165) is 17.0 Å². The van der Waals surface area contributed by atoms with Crippen LogP contribution in [0.3, 0.4) is 0 Å². The van der Waals surface area contributed by atoms with Crippen LogP contribution in [-0.4, -0.2) is 30.3 Å². The zero-order chi connectivity index (χ0) is 16.8. The fourth-order valence-electron chi connectivity index (χ4n) is 2.10. The second-order valence-corrected chi connectivity index (χ2v) is 5.73. The smallest absolute Gasteiger partial charge is 0.257 e. The molecule has 6 nitrogen and oxygen atoms in total. The molecule has 0 unspecified atom stereocenters. The van der Waals surface area contributed by atoms with Crippen molar-refractivity contribution in [2.24, 2.45) is 0 Å². The Hall–Kier alpha value is -2.41. The number of methoxy groups -OCH3 is 2. The minimum absolute atomic E-state index is 0.268. The third kappa shape index (κ3) is 3.87. The van der Waals surface area contributed by atoms with Gasteiger partial charge in [0.05, 0.1) is 14.2 Å². The van der Waals surface area contributed by atoms with Crippen LogP contribution in [0.15, 0.2) is 24.8 Å². The summed E-state index contributed by atoms with van der Waals surface area (Å²) < 4.78 is 10.7. The van der Waals surface area contributed by atoms with Gasteiger partial charge in [-0.1, -0.05) is 24.3 Å². The summed E-state index contributed by atoms with van der Waals surface area (Å²) in [5, 5.41) is 12.0. The topological polar surface area (TPSA) is 73.3 Å². The number of aromatic nitrogens is 2. The summed E-state index contributed by atoms with van der Waals surface area (Å²) in [6.45, 7) is 5.72. The average molecular weight is 333 g/mol. The van der Waals surface area contributed by atoms with Gasteiger partial charge in [-0.2, -0.15) is 0 Å². The molecule has 1 amide bonds. The Kier molecular flexibility index (Phi) is 5.70. The molecule has 0 saturated heterocycles. The van der Waals surface area contributed by atoms with Crippen LogP contribution in [0.4, 0.5) is 5.13 Å². The van der Waals surface area contributed by atoms with Crippen molar-refractivity contribution >= 4 is 22.4 Å². The third-order valence-electron chi connectivity index (χ3n) is 3.17. The molecule has 1 N–H and O–H groups in total. The normalized spacial score (nSPS) is 10.2. The molecule has 1 aromatic heterocycles. The highest BCUT2D eigenvalue weighted by Gasteiger charge is 2.17. The molecule has 1 heterocycles. The number of amides is 1. The summed E-state index contributed by atoms with van der Waals surface area (Å²) in [7, 11) is 3.10. The molecule has 0 fully saturated rings. The number of aryl methyl sites for hydroxylation is 1. The molecule has 1 aromatic carbocycles. The van der Waals surface area contributed by atoms with Crippen molar-refractivity contribution in [3.63, 3.8) is 0 Å². The third-order valence-corrected chi connectivity index (χ3v) is 4.16. The average Bonchev–Trinajstić information content (AvgIpc) is 3.01. The molecule has 2 rings (SSSR count). The van der Waals surface area contributed by atoms with E-state index in [4.69, 9.17) is 9.47 Å². The molecule has 2 aromatic rings. The fraction of sp³-hybridized carbons (Fsp3) is 0.312. The first kappa shape index (κ1) is 17.0. The van der Waals surface area contributed by atoms with Crippen LogP contribution in [0, 0.1) is 0 Å². The van der Waals surface area contributed by atoms with Crippen molar-refractivity contribution < 1.29 is 14.3 Å². The lowest BCUT2D eigenvalue weighted by Crippen LogP contribution is -2.13. The summed E-state index contributed by atoms with van der Waals surface area (Å²) >= 11 is 1.36. The maximum Gasteiger partial charge on any atom is 0.257 e. The van der Waals surface area contributed by atoms with Gasteiger partial charge in [0.25, 0.3) is 5.91 Å². The fourth-order valence-corrected chi connectivity index (χ4v) is 2.77. The molecule has 0 aliphatic rings. The van der Waals surface area contributed by atoms with E-state index < -0.39 is 0 Å². The minimum Gasteiger partial charge on any atom is -0.493 e. The number of benzene rings is 1. The van der Waals surface area contributed by atoms with Gasteiger partial charge in [0.1, 0.15) is 5.01 Å². The quantitative estimate of drug-likeness (QED) is 0.788. The molecule has 0 aliphatic heterocycles. The molecular formula is C16H19N3O3S. The van der Waals surface area contributed by atoms with Crippen molar-refractivity contribution in [1.82, 2.24) is 10.2 Å². The van der Waals surface area contributed by atoms with Crippen LogP contribution in [0.2, 0.25) is 0 Å². The summed E-state index contributed by atoms with van der Waals surface area (Å²) in [4.78, 5) is 12.4. The monoisotopic (exact) mass is 333 g/mol. The number of allylic oxidation sites excluding steroid dienone is 1. The predicted octanol–water partition coefficient (Wildman–Crippen LogP) is 3.10. The van der Waals surface area contributed by atoms with Crippen molar-refractivity contribution in [3.8, 4) is 11.5 Å². The van der Waals surface area contributed by atoms with E-state index >= 15 is 0 Å². The number of carbonyl (C=O) groups is 1. The standard InChI is InChI=1S/C16H19N3O3S/c1-5-7-10-8-11(9-12(21-3)14(10)22-4)15(20)17-16-19-18-13(6-2)23-16/h5,8-9H,1,6-7H2,2-4H3,(H,17,19,20). The highest BCUT2D eigenvalue weighted by Crippen LogP contribution is 2.33. The molecule has 0 atom stereocenters. The number of hydrogen-bond donors (Lipinski definition) is 1. The lowest BCUT2D eigenvalue weighted by atomic mass is 10.1. The Morgan fingerprint density at radius 3 is 2.70 bits per heavy atom. The van der Waals surface area contributed by atoms with Gasteiger partial charge >= 0.3 is 0 Å². The molecule has 0 aliphatic carbocycles. The van der Waals surface area contributed by atoms with E-state index in [9.17, 15) is 4.79 Å². The number of rotatable bonds is 7. The molecule has 0 bridgehead atoms. The van der Waals surface area contributed by atoms with Gasteiger partial charge in [0, 0.05) is 11.1 Å². The Bertz CT molecular complexity index is 713. The van der Waals surface area contributed by atoms with Gasteiger partial charge in [0.2, 0.25) is 5.13 Å². The van der Waals surface area contributed by atoms with Gasteiger partial charge < -0.3 is 9.47 Å². The molecule has 122 valence electrons. The van der Waals surface area contributed by atoms with Gasteiger partial charge in [0.15, 0.2) is 11.5 Å². The molecule has 23 heavy (non-hydrogen) atoms.